The van der Waals surface area contributed by atoms with Gasteiger partial charge < -0.3 is 30.0 Å². The monoisotopic (exact) mass is 679 g/mol. The van der Waals surface area contributed by atoms with Crippen LogP contribution in [0.3, 0.4) is 0 Å². The molecule has 0 bridgehead atoms. The van der Waals surface area contributed by atoms with Crippen LogP contribution in [0.15, 0.2) is 42.6 Å². The van der Waals surface area contributed by atoms with Crippen molar-refractivity contribution in [2.24, 2.45) is 0 Å². The number of pyridine rings is 2. The maximum Gasteiger partial charge on any atom is 0.319 e. The van der Waals surface area contributed by atoms with Gasteiger partial charge in [-0.1, -0.05) is 18.1 Å². The minimum Gasteiger partial charge on any atom is -0.508 e. The zero-order valence-corrected chi connectivity index (χ0v) is 27.6. The summed E-state index contributed by atoms with van der Waals surface area (Å²) in [5.41, 5.74) is 6.47. The van der Waals surface area contributed by atoms with Gasteiger partial charge in [0.1, 0.15) is 53.0 Å². The lowest BCUT2D eigenvalue weighted by Gasteiger charge is -2.32. The molecule has 0 aliphatic carbocycles. The van der Waals surface area contributed by atoms with Gasteiger partial charge in [0.15, 0.2) is 5.82 Å². The van der Waals surface area contributed by atoms with E-state index in [1.807, 2.05) is 17.9 Å². The fraction of sp³-hybridized carbons (Fsp3) is 0.351. The lowest BCUT2D eigenvalue weighted by Crippen LogP contribution is -2.43. The second kappa shape index (κ2) is 12.2. The van der Waals surface area contributed by atoms with Gasteiger partial charge in [-0.25, -0.2) is 18.7 Å². The van der Waals surface area contributed by atoms with E-state index >= 15 is 8.78 Å². The van der Waals surface area contributed by atoms with Gasteiger partial charge in [-0.3, -0.25) is 4.90 Å². The number of aromatic hydroxyl groups is 1. The number of terminal acetylenes is 1. The number of aromatic nitrogens is 4. The molecule has 11 nitrogen and oxygen atoms in total. The lowest BCUT2D eigenvalue weighted by atomic mass is 9.94. The van der Waals surface area contributed by atoms with E-state index in [-0.39, 0.29) is 81.6 Å². The van der Waals surface area contributed by atoms with E-state index in [9.17, 15) is 5.11 Å². The first kappa shape index (κ1) is 31.9. The van der Waals surface area contributed by atoms with Crippen molar-refractivity contribution in [2.75, 3.05) is 50.6 Å². The SMILES string of the molecule is C#Cc1c(F)ccc2cc(O)cc(-c3nc4c5c(nc(OC[C@@]67CCCN6C[C@H](OC)C7)nc5c3F)N(C(C)c3cccnc3N)CCO4)c12. The summed E-state index contributed by atoms with van der Waals surface area (Å²) in [6.07, 6.45) is 10.2. The molecule has 0 saturated carbocycles. The van der Waals surface area contributed by atoms with Crippen molar-refractivity contribution >= 4 is 33.3 Å². The molecule has 256 valence electrons. The zero-order chi connectivity index (χ0) is 34.7. The fourth-order valence-electron chi connectivity index (χ4n) is 7.91. The van der Waals surface area contributed by atoms with E-state index < -0.39 is 11.6 Å². The topological polar surface area (TPSA) is 132 Å². The van der Waals surface area contributed by atoms with Crippen LogP contribution in [0, 0.1) is 24.0 Å². The highest BCUT2D eigenvalue weighted by atomic mass is 19.1. The molecule has 0 amide bonds. The van der Waals surface area contributed by atoms with Crippen molar-refractivity contribution in [3.8, 4) is 41.2 Å². The molecule has 8 rings (SSSR count). The standard InChI is InChI=1S/C37H35F2N7O4/c1-4-24-27(38)9-8-21-15-22(47)16-26(28(21)24)31-30(39)32-29-34(44-36(43-32)50-19-37-10-6-12-45(37)18-23(17-37)48-3)46(13-14-49-35(29)42-31)20(2)25-7-5-11-41-33(25)40/h1,5,7-9,11,15-16,20,23,47H,6,10,12-14,17-19H2,2-3H3,(H2,40,41)/t20?,23-,37+/m1/s1. The number of hydrogen-bond donors (Lipinski definition) is 2. The summed E-state index contributed by atoms with van der Waals surface area (Å²) < 4.78 is 50.5. The molecule has 0 radical (unpaired) electrons. The molecular weight excluding hydrogens is 644 g/mol. The number of phenols is 1. The van der Waals surface area contributed by atoms with Crippen molar-refractivity contribution < 1.29 is 28.1 Å². The number of nitrogens with zero attached hydrogens (tertiary/aromatic N) is 6. The lowest BCUT2D eigenvalue weighted by molar-refractivity contribution is 0.0997. The molecule has 0 spiro atoms. The Balaban J connectivity index is 1.33. The average molecular weight is 680 g/mol. The molecule has 3 aromatic heterocycles. The van der Waals surface area contributed by atoms with E-state index in [0.717, 1.165) is 37.9 Å². The second-order valence-electron chi connectivity index (χ2n) is 13.1. The van der Waals surface area contributed by atoms with Gasteiger partial charge in [0.2, 0.25) is 5.88 Å². The first-order valence-corrected chi connectivity index (χ1v) is 16.5. The molecule has 6 heterocycles. The second-order valence-corrected chi connectivity index (χ2v) is 13.1. The highest BCUT2D eigenvalue weighted by molar-refractivity contribution is 6.04. The summed E-state index contributed by atoms with van der Waals surface area (Å²) in [6.45, 7) is 4.48. The Bertz CT molecular complexity index is 2210. The predicted molar refractivity (Wildman–Crippen MR) is 184 cm³/mol. The summed E-state index contributed by atoms with van der Waals surface area (Å²) in [5, 5.41) is 11.6. The van der Waals surface area contributed by atoms with Crippen molar-refractivity contribution in [3.63, 3.8) is 0 Å². The first-order valence-electron chi connectivity index (χ1n) is 16.5. The smallest absolute Gasteiger partial charge is 0.319 e. The quantitative estimate of drug-likeness (QED) is 0.215. The van der Waals surface area contributed by atoms with E-state index in [1.165, 1.54) is 24.3 Å². The van der Waals surface area contributed by atoms with Gasteiger partial charge in [0.05, 0.1) is 29.8 Å². The van der Waals surface area contributed by atoms with Gasteiger partial charge in [0.25, 0.3) is 0 Å². The Labute approximate surface area is 287 Å². The molecule has 3 N–H and O–H groups in total. The number of fused-ring (bicyclic) bond motifs is 2. The zero-order valence-electron chi connectivity index (χ0n) is 27.6. The van der Waals surface area contributed by atoms with E-state index in [1.54, 1.807) is 19.4 Å². The van der Waals surface area contributed by atoms with Crippen LogP contribution in [0.1, 0.15) is 43.4 Å². The molecule has 3 atom stereocenters. The third-order valence-corrected chi connectivity index (χ3v) is 10.4. The Morgan fingerprint density at radius 3 is 2.84 bits per heavy atom. The molecule has 1 unspecified atom stereocenters. The molecule has 2 saturated heterocycles. The molecule has 3 aliphatic rings. The Morgan fingerprint density at radius 1 is 1.18 bits per heavy atom. The fourth-order valence-corrected chi connectivity index (χ4v) is 7.91. The summed E-state index contributed by atoms with van der Waals surface area (Å²) in [7, 11) is 1.72. The number of methoxy groups -OCH3 is 1. The summed E-state index contributed by atoms with van der Waals surface area (Å²) >= 11 is 0. The largest absolute Gasteiger partial charge is 0.508 e. The van der Waals surface area contributed by atoms with Crippen LogP contribution in [-0.4, -0.2) is 81.5 Å². The Morgan fingerprint density at radius 2 is 2.04 bits per heavy atom. The van der Waals surface area contributed by atoms with Crippen molar-refractivity contribution in [1.82, 2.24) is 24.8 Å². The van der Waals surface area contributed by atoms with Crippen LogP contribution in [0.4, 0.5) is 20.4 Å². The number of nitrogen functional groups attached to an aromatic ring is 1. The van der Waals surface area contributed by atoms with Crippen LogP contribution in [-0.2, 0) is 4.74 Å². The Hall–Kier alpha value is -5.32. The number of rotatable bonds is 7. The molecule has 50 heavy (non-hydrogen) atoms. The number of benzene rings is 2. The number of ether oxygens (including phenoxy) is 3. The van der Waals surface area contributed by atoms with E-state index in [2.05, 4.69) is 25.8 Å². The van der Waals surface area contributed by atoms with Crippen LogP contribution in [0.25, 0.3) is 32.9 Å². The number of phenolic OH excluding ortho intramolecular Hbond substituents is 1. The van der Waals surface area contributed by atoms with Gasteiger partial charge in [-0.2, -0.15) is 9.97 Å². The van der Waals surface area contributed by atoms with Gasteiger partial charge in [-0.05, 0) is 62.4 Å². The summed E-state index contributed by atoms with van der Waals surface area (Å²) in [5.74, 6) is 1.48. The first-order chi connectivity index (χ1) is 24.2. The highest BCUT2D eigenvalue weighted by Crippen LogP contribution is 2.45. The van der Waals surface area contributed by atoms with E-state index in [0.29, 0.717) is 23.6 Å². The molecular formula is C37H35F2N7O4. The third kappa shape index (κ3) is 5.09. The maximum atomic E-state index is 17.2. The average Bonchev–Trinajstić information content (AvgIpc) is 3.60. The van der Waals surface area contributed by atoms with Crippen LogP contribution in [0.5, 0.6) is 17.6 Å². The summed E-state index contributed by atoms with van der Waals surface area (Å²) in [6, 6.07) is 8.72. The molecule has 13 heteroatoms. The van der Waals surface area contributed by atoms with Gasteiger partial charge >= 0.3 is 6.01 Å². The Kier molecular flexibility index (Phi) is 7.80. The van der Waals surface area contributed by atoms with Gasteiger partial charge in [0, 0.05) is 36.4 Å². The minimum absolute atomic E-state index is 0.0222. The molecule has 2 aromatic carbocycles. The van der Waals surface area contributed by atoms with E-state index in [4.69, 9.17) is 31.4 Å². The normalized spacial score (nSPS) is 20.8. The van der Waals surface area contributed by atoms with Crippen molar-refractivity contribution in [1.29, 1.82) is 0 Å². The van der Waals surface area contributed by atoms with Crippen molar-refractivity contribution in [3.05, 3.63) is 65.4 Å². The van der Waals surface area contributed by atoms with Crippen LogP contribution in [0.2, 0.25) is 0 Å². The summed E-state index contributed by atoms with van der Waals surface area (Å²) in [4.78, 5) is 22.8. The number of halogens is 2. The number of nitrogens with two attached hydrogens (primary N) is 1. The number of hydrogen-bond acceptors (Lipinski definition) is 11. The van der Waals surface area contributed by atoms with Crippen LogP contribution >= 0.6 is 0 Å². The number of anilines is 2. The van der Waals surface area contributed by atoms with Gasteiger partial charge in [-0.15, -0.1) is 6.42 Å². The van der Waals surface area contributed by atoms with Crippen LogP contribution < -0.4 is 20.1 Å². The highest BCUT2D eigenvalue weighted by Gasteiger charge is 2.49. The maximum absolute atomic E-state index is 17.2. The molecule has 3 aliphatic heterocycles. The molecule has 2 fully saturated rings. The predicted octanol–water partition coefficient (Wildman–Crippen LogP) is 5.38. The van der Waals surface area contributed by atoms with Crippen molar-refractivity contribution in [2.45, 2.75) is 43.9 Å². The third-order valence-electron chi connectivity index (χ3n) is 10.4. The molecule has 5 aromatic rings. The minimum atomic E-state index is -0.837.